The Kier molecular flexibility index (Phi) is 9.38. The summed E-state index contributed by atoms with van der Waals surface area (Å²) in [7, 11) is 0. The number of cyclic esters (lactones) is 4. The number of esters is 6. The maximum atomic E-state index is 12.0. The van der Waals surface area contributed by atoms with Gasteiger partial charge in [0.2, 0.25) is 6.79 Å². The Morgan fingerprint density at radius 1 is 0.576 bits per heavy atom. The van der Waals surface area contributed by atoms with Crippen molar-refractivity contribution in [3.63, 3.8) is 0 Å². The van der Waals surface area contributed by atoms with Crippen LogP contribution in [0.2, 0.25) is 0 Å². The smallest absolute Gasteiger partial charge is 0.346 e. The zero-order valence-corrected chi connectivity index (χ0v) is 14.3. The molecule has 0 atom stereocenters. The van der Waals surface area contributed by atoms with Gasteiger partial charge in [0.15, 0.2) is 0 Å². The molecule has 0 fully saturated rings. The normalized spacial score (nSPS) is 12.4. The van der Waals surface area contributed by atoms with Gasteiger partial charge < -0.3 is 18.9 Å². The maximum absolute atomic E-state index is 12.0. The van der Waals surface area contributed by atoms with Crippen LogP contribution < -0.4 is 0 Å². The zero-order valence-electron chi connectivity index (χ0n) is 14.3. The molecule has 0 saturated carbocycles. The summed E-state index contributed by atoms with van der Waals surface area (Å²) < 4.78 is 18.5. The second-order valence-corrected chi connectivity index (χ2v) is 5.86. The van der Waals surface area contributed by atoms with Crippen molar-refractivity contribution < 1.29 is 47.7 Å². The van der Waals surface area contributed by atoms with E-state index < -0.39 is 42.6 Å². The van der Waals surface area contributed by atoms with Crippen molar-refractivity contribution in [1.82, 2.24) is 0 Å². The molecule has 2 aromatic rings. The maximum Gasteiger partial charge on any atom is 0.346 e. The molecule has 0 spiro atoms. The Labute approximate surface area is 190 Å². The minimum Gasteiger partial charge on any atom is -0.424 e. The molecule has 0 N–H and O–H groups in total. The molecule has 0 saturated heterocycles. The van der Waals surface area contributed by atoms with Gasteiger partial charge >= 0.3 is 35.8 Å². The highest BCUT2D eigenvalue weighted by molar-refractivity contribution is 6.16. The van der Waals surface area contributed by atoms with Crippen molar-refractivity contribution in [2.45, 2.75) is 29.7 Å². The SMILES string of the molecule is C.C.C.C.O=C(OCOC(=O)c1ccc2c(c1)C(=O)OC2=O)c1ccc2c(c1)C(=O)OC2=O. The van der Waals surface area contributed by atoms with Crippen LogP contribution in [0.5, 0.6) is 0 Å². The Morgan fingerprint density at radius 2 is 0.909 bits per heavy atom. The zero-order chi connectivity index (χ0) is 20.7. The fraction of sp³-hybridized carbons (Fsp3) is 0.217. The average molecular weight is 460 g/mol. The summed E-state index contributed by atoms with van der Waals surface area (Å²) in [6.07, 6.45) is 0. The van der Waals surface area contributed by atoms with Crippen LogP contribution in [0.1, 0.15) is 91.9 Å². The molecule has 10 heteroatoms. The lowest BCUT2D eigenvalue weighted by molar-refractivity contribution is -0.0168. The first-order valence-corrected chi connectivity index (χ1v) is 8.00. The number of fused-ring (bicyclic) bond motifs is 2. The lowest BCUT2D eigenvalue weighted by Crippen LogP contribution is -2.14. The first kappa shape index (κ1) is 28.7. The van der Waals surface area contributed by atoms with Crippen molar-refractivity contribution in [3.05, 3.63) is 69.8 Å². The van der Waals surface area contributed by atoms with Crippen LogP contribution >= 0.6 is 0 Å². The molecule has 2 aliphatic heterocycles. The predicted octanol–water partition coefficient (Wildman–Crippen LogP) is 3.82. The van der Waals surface area contributed by atoms with Gasteiger partial charge in [-0.1, -0.05) is 29.7 Å². The van der Waals surface area contributed by atoms with Gasteiger partial charge in [0.25, 0.3) is 0 Å². The standard InChI is InChI=1S/C19H8O10.4CH4/c20-14(8-1-3-10-12(5-8)18(24)28-16(10)22)26-7-27-15(21)9-2-4-11-13(6-9)19(25)29-17(11)23;;;;/h1-6H,7H2;4*1H4. The lowest BCUT2D eigenvalue weighted by Gasteiger charge is -2.07. The monoisotopic (exact) mass is 460 g/mol. The summed E-state index contributed by atoms with van der Waals surface area (Å²) in [4.78, 5) is 69.9. The second kappa shape index (κ2) is 10.8. The molecule has 0 bridgehead atoms. The summed E-state index contributed by atoms with van der Waals surface area (Å²) in [5.41, 5.74) is -0.171. The van der Waals surface area contributed by atoms with E-state index in [-0.39, 0.29) is 63.1 Å². The van der Waals surface area contributed by atoms with Gasteiger partial charge in [0.05, 0.1) is 33.4 Å². The molecular weight excluding hydrogens is 436 g/mol. The summed E-state index contributed by atoms with van der Waals surface area (Å²) >= 11 is 0. The average Bonchev–Trinajstić information content (AvgIpc) is 3.16. The Hall–Kier alpha value is -4.34. The van der Waals surface area contributed by atoms with Crippen molar-refractivity contribution in [3.8, 4) is 0 Å². The van der Waals surface area contributed by atoms with E-state index in [1.165, 1.54) is 24.3 Å². The van der Waals surface area contributed by atoms with E-state index in [2.05, 4.69) is 9.47 Å². The molecule has 0 amide bonds. The molecule has 4 rings (SSSR count). The molecule has 2 aromatic carbocycles. The van der Waals surface area contributed by atoms with Gasteiger partial charge in [0.1, 0.15) is 0 Å². The van der Waals surface area contributed by atoms with Crippen LogP contribution in [-0.4, -0.2) is 42.6 Å². The van der Waals surface area contributed by atoms with Crippen molar-refractivity contribution in [2.24, 2.45) is 0 Å². The number of hydrogen-bond acceptors (Lipinski definition) is 10. The molecule has 10 nitrogen and oxygen atoms in total. The van der Waals surface area contributed by atoms with Crippen molar-refractivity contribution in [1.29, 1.82) is 0 Å². The lowest BCUT2D eigenvalue weighted by atomic mass is 10.1. The molecule has 0 aromatic heterocycles. The Bertz CT molecular complexity index is 1060. The third kappa shape index (κ3) is 5.12. The first-order valence-electron chi connectivity index (χ1n) is 8.00. The number of carbonyl (C=O) groups excluding carboxylic acids is 6. The fourth-order valence-corrected chi connectivity index (χ4v) is 2.73. The van der Waals surface area contributed by atoms with Crippen LogP contribution in [0.3, 0.4) is 0 Å². The van der Waals surface area contributed by atoms with E-state index in [0.717, 1.165) is 12.1 Å². The van der Waals surface area contributed by atoms with Gasteiger partial charge in [-0.15, -0.1) is 0 Å². The highest BCUT2D eigenvalue weighted by Crippen LogP contribution is 2.23. The molecule has 2 aliphatic rings. The van der Waals surface area contributed by atoms with Crippen molar-refractivity contribution in [2.75, 3.05) is 6.79 Å². The molecule has 0 unspecified atom stereocenters. The molecular formula is C23H24O10. The van der Waals surface area contributed by atoms with E-state index in [9.17, 15) is 28.8 Å². The van der Waals surface area contributed by atoms with E-state index in [1.807, 2.05) is 0 Å². The summed E-state index contributed by atoms with van der Waals surface area (Å²) in [6.45, 7) is -0.751. The third-order valence-corrected chi connectivity index (χ3v) is 4.14. The first-order chi connectivity index (χ1) is 13.8. The van der Waals surface area contributed by atoms with E-state index in [1.54, 1.807) is 0 Å². The summed E-state index contributed by atoms with van der Waals surface area (Å²) in [5, 5.41) is 0. The number of hydrogen-bond donors (Lipinski definition) is 0. The minimum absolute atomic E-state index is 0. The molecule has 2 heterocycles. The Balaban J connectivity index is 0.00000256. The van der Waals surface area contributed by atoms with Gasteiger partial charge in [-0.05, 0) is 36.4 Å². The molecule has 33 heavy (non-hydrogen) atoms. The Morgan fingerprint density at radius 3 is 1.27 bits per heavy atom. The fourth-order valence-electron chi connectivity index (χ4n) is 2.73. The minimum atomic E-state index is -0.907. The summed E-state index contributed by atoms with van der Waals surface area (Å²) in [6, 6.07) is 7.27. The summed E-state index contributed by atoms with van der Waals surface area (Å²) in [5.74, 6) is -5.18. The largest absolute Gasteiger partial charge is 0.424 e. The van der Waals surface area contributed by atoms with Crippen LogP contribution in [0.15, 0.2) is 36.4 Å². The molecule has 176 valence electrons. The van der Waals surface area contributed by atoms with E-state index >= 15 is 0 Å². The number of carbonyl (C=O) groups is 6. The second-order valence-electron chi connectivity index (χ2n) is 5.86. The van der Waals surface area contributed by atoms with Crippen LogP contribution in [-0.2, 0) is 18.9 Å². The van der Waals surface area contributed by atoms with Gasteiger partial charge in [-0.25, -0.2) is 28.8 Å². The molecule has 0 radical (unpaired) electrons. The predicted molar refractivity (Wildman–Crippen MR) is 115 cm³/mol. The quantitative estimate of drug-likeness (QED) is 0.286. The van der Waals surface area contributed by atoms with Crippen LogP contribution in [0.25, 0.3) is 0 Å². The topological polar surface area (TPSA) is 139 Å². The van der Waals surface area contributed by atoms with E-state index in [4.69, 9.17) is 9.47 Å². The van der Waals surface area contributed by atoms with Crippen molar-refractivity contribution >= 4 is 35.8 Å². The third-order valence-electron chi connectivity index (χ3n) is 4.14. The van der Waals surface area contributed by atoms with Crippen LogP contribution in [0.4, 0.5) is 0 Å². The highest BCUT2D eigenvalue weighted by Gasteiger charge is 2.31. The van der Waals surface area contributed by atoms with Crippen LogP contribution in [0, 0.1) is 0 Å². The number of benzene rings is 2. The van der Waals surface area contributed by atoms with Gasteiger partial charge in [0, 0.05) is 0 Å². The van der Waals surface area contributed by atoms with E-state index in [0.29, 0.717) is 0 Å². The van der Waals surface area contributed by atoms with Gasteiger partial charge in [-0.3, -0.25) is 0 Å². The van der Waals surface area contributed by atoms with Gasteiger partial charge in [-0.2, -0.15) is 0 Å². The number of ether oxygens (including phenoxy) is 4. The highest BCUT2D eigenvalue weighted by atomic mass is 16.7. The number of rotatable bonds is 4. The molecule has 0 aliphatic carbocycles.